The maximum absolute atomic E-state index is 13.8. The van der Waals surface area contributed by atoms with Crippen molar-refractivity contribution in [2.45, 2.75) is 25.5 Å². The van der Waals surface area contributed by atoms with E-state index in [9.17, 15) is 9.50 Å². The van der Waals surface area contributed by atoms with E-state index in [0.29, 0.717) is 12.1 Å². The van der Waals surface area contributed by atoms with Crippen LogP contribution in [0.1, 0.15) is 30.1 Å². The molecule has 1 heterocycles. The quantitative estimate of drug-likeness (QED) is 0.878. The summed E-state index contributed by atoms with van der Waals surface area (Å²) >= 11 is 0. The Hall–Kier alpha value is -1.91. The summed E-state index contributed by atoms with van der Waals surface area (Å²) in [6.07, 6.45) is 1.67. The van der Waals surface area contributed by atoms with E-state index in [4.69, 9.17) is 0 Å². The molecular weight excluding hydrogens is 303 g/mol. The Balaban J connectivity index is 1.67. The third-order valence-corrected chi connectivity index (χ3v) is 4.63. The smallest absolute Gasteiger partial charge is 0.129 e. The van der Waals surface area contributed by atoms with E-state index < -0.39 is 6.10 Å². The Labute approximate surface area is 143 Å². The minimum atomic E-state index is -0.824. The van der Waals surface area contributed by atoms with E-state index >= 15 is 0 Å². The van der Waals surface area contributed by atoms with Gasteiger partial charge in [-0.25, -0.2) is 4.39 Å². The van der Waals surface area contributed by atoms with Gasteiger partial charge in [-0.2, -0.15) is 0 Å². The predicted octanol–water partition coefficient (Wildman–Crippen LogP) is 3.59. The summed E-state index contributed by atoms with van der Waals surface area (Å²) in [6.45, 7) is 3.35. The second-order valence-corrected chi connectivity index (χ2v) is 6.56. The molecule has 0 amide bonds. The SMILES string of the molecule is CN(Cc1ccccc1N1CCCC1)CC(O)c1ccccc1F. The molecule has 1 fully saturated rings. The molecule has 3 nitrogen and oxygen atoms in total. The highest BCUT2D eigenvalue weighted by Crippen LogP contribution is 2.26. The van der Waals surface area contributed by atoms with Crippen LogP contribution in [0.15, 0.2) is 48.5 Å². The first kappa shape index (κ1) is 16.9. The highest BCUT2D eigenvalue weighted by atomic mass is 19.1. The predicted molar refractivity (Wildman–Crippen MR) is 95.6 cm³/mol. The van der Waals surface area contributed by atoms with Gasteiger partial charge in [-0.1, -0.05) is 36.4 Å². The summed E-state index contributed by atoms with van der Waals surface area (Å²) in [7, 11) is 1.96. The van der Waals surface area contributed by atoms with E-state index in [-0.39, 0.29) is 5.82 Å². The number of para-hydroxylation sites is 1. The van der Waals surface area contributed by atoms with Crippen LogP contribution >= 0.6 is 0 Å². The molecule has 3 rings (SSSR count). The Morgan fingerprint density at radius 1 is 1.08 bits per heavy atom. The van der Waals surface area contributed by atoms with Gasteiger partial charge in [-0.3, -0.25) is 4.90 Å². The van der Waals surface area contributed by atoms with Gasteiger partial charge in [-0.05, 0) is 37.6 Å². The third kappa shape index (κ3) is 3.94. The first-order valence-electron chi connectivity index (χ1n) is 8.59. The fourth-order valence-corrected chi connectivity index (χ4v) is 3.41. The number of anilines is 1. The van der Waals surface area contributed by atoms with Crippen molar-refractivity contribution in [2.75, 3.05) is 31.6 Å². The topological polar surface area (TPSA) is 26.7 Å². The normalized spacial score (nSPS) is 15.9. The largest absolute Gasteiger partial charge is 0.387 e. The highest BCUT2D eigenvalue weighted by molar-refractivity contribution is 5.54. The standard InChI is InChI=1S/C20H25FN2O/c1-22(15-20(24)17-9-3-4-10-18(17)21)14-16-8-2-5-11-19(16)23-12-6-7-13-23/h2-5,8-11,20,24H,6-7,12-15H2,1H3. The molecule has 4 heteroatoms. The van der Waals surface area contributed by atoms with Crippen LogP contribution in [-0.4, -0.2) is 36.7 Å². The van der Waals surface area contributed by atoms with Crippen LogP contribution in [0, 0.1) is 5.82 Å². The molecule has 24 heavy (non-hydrogen) atoms. The van der Waals surface area contributed by atoms with Crippen LogP contribution in [0.4, 0.5) is 10.1 Å². The van der Waals surface area contributed by atoms with Crippen molar-refractivity contribution in [1.82, 2.24) is 4.90 Å². The Kier molecular flexibility index (Phi) is 5.48. The van der Waals surface area contributed by atoms with Crippen LogP contribution in [0.25, 0.3) is 0 Å². The number of aliphatic hydroxyl groups excluding tert-OH is 1. The fraction of sp³-hybridized carbons (Fsp3) is 0.400. The number of hydrogen-bond acceptors (Lipinski definition) is 3. The molecule has 1 aliphatic rings. The van der Waals surface area contributed by atoms with Gasteiger partial charge in [0.05, 0.1) is 6.10 Å². The average Bonchev–Trinajstić information content (AvgIpc) is 3.10. The van der Waals surface area contributed by atoms with Crippen LogP contribution < -0.4 is 4.90 Å². The lowest BCUT2D eigenvalue weighted by Gasteiger charge is -2.25. The van der Waals surface area contributed by atoms with Gasteiger partial charge < -0.3 is 10.0 Å². The number of aliphatic hydroxyl groups is 1. The van der Waals surface area contributed by atoms with Crippen LogP contribution in [0.5, 0.6) is 0 Å². The van der Waals surface area contributed by atoms with Gasteiger partial charge in [-0.15, -0.1) is 0 Å². The zero-order chi connectivity index (χ0) is 16.9. The summed E-state index contributed by atoms with van der Waals surface area (Å²) in [5, 5.41) is 10.3. The number of rotatable bonds is 6. The van der Waals surface area contributed by atoms with E-state index in [1.807, 2.05) is 11.9 Å². The monoisotopic (exact) mass is 328 g/mol. The maximum Gasteiger partial charge on any atom is 0.129 e. The summed E-state index contributed by atoms with van der Waals surface area (Å²) in [5.74, 6) is -0.351. The van der Waals surface area contributed by atoms with Gasteiger partial charge in [0.25, 0.3) is 0 Å². The number of nitrogens with zero attached hydrogens (tertiary/aromatic N) is 2. The number of benzene rings is 2. The summed E-state index contributed by atoms with van der Waals surface area (Å²) < 4.78 is 13.8. The molecular formula is C20H25FN2O. The number of likely N-dealkylation sites (N-methyl/N-ethyl adjacent to an activating group) is 1. The summed E-state index contributed by atoms with van der Waals surface area (Å²) in [5.41, 5.74) is 2.89. The van der Waals surface area contributed by atoms with E-state index in [0.717, 1.165) is 19.6 Å². The van der Waals surface area contributed by atoms with Crippen molar-refractivity contribution in [2.24, 2.45) is 0 Å². The van der Waals surface area contributed by atoms with Gasteiger partial charge in [0.2, 0.25) is 0 Å². The van der Waals surface area contributed by atoms with Crippen molar-refractivity contribution in [3.05, 3.63) is 65.5 Å². The van der Waals surface area contributed by atoms with Crippen LogP contribution in [0.3, 0.4) is 0 Å². The minimum absolute atomic E-state index is 0.351. The highest BCUT2D eigenvalue weighted by Gasteiger charge is 2.18. The van der Waals surface area contributed by atoms with Crippen molar-refractivity contribution < 1.29 is 9.50 Å². The van der Waals surface area contributed by atoms with Gasteiger partial charge in [0, 0.05) is 37.4 Å². The molecule has 1 N–H and O–H groups in total. The second-order valence-electron chi connectivity index (χ2n) is 6.56. The Bertz CT molecular complexity index is 670. The van der Waals surface area contributed by atoms with Gasteiger partial charge in [0.15, 0.2) is 0 Å². The first-order chi connectivity index (χ1) is 11.6. The number of halogens is 1. The zero-order valence-electron chi connectivity index (χ0n) is 14.2. The Morgan fingerprint density at radius 2 is 1.75 bits per heavy atom. The maximum atomic E-state index is 13.8. The van der Waals surface area contributed by atoms with Crippen molar-refractivity contribution in [3.63, 3.8) is 0 Å². The molecule has 1 atom stereocenters. The van der Waals surface area contributed by atoms with Gasteiger partial charge >= 0.3 is 0 Å². The molecule has 1 saturated heterocycles. The minimum Gasteiger partial charge on any atom is -0.387 e. The van der Waals surface area contributed by atoms with Crippen LogP contribution in [-0.2, 0) is 6.54 Å². The van der Waals surface area contributed by atoms with Gasteiger partial charge in [0.1, 0.15) is 5.82 Å². The molecule has 1 aliphatic heterocycles. The second kappa shape index (κ2) is 7.77. The van der Waals surface area contributed by atoms with E-state index in [1.54, 1.807) is 18.2 Å². The van der Waals surface area contributed by atoms with E-state index in [1.165, 1.54) is 30.2 Å². The molecule has 0 bridgehead atoms. The Morgan fingerprint density at radius 3 is 2.50 bits per heavy atom. The molecule has 0 saturated carbocycles. The first-order valence-corrected chi connectivity index (χ1v) is 8.59. The molecule has 2 aromatic carbocycles. The lowest BCUT2D eigenvalue weighted by atomic mass is 10.1. The molecule has 128 valence electrons. The fourth-order valence-electron chi connectivity index (χ4n) is 3.41. The number of hydrogen-bond donors (Lipinski definition) is 1. The van der Waals surface area contributed by atoms with Crippen LogP contribution in [0.2, 0.25) is 0 Å². The lowest BCUT2D eigenvalue weighted by molar-refractivity contribution is 0.120. The summed E-state index contributed by atoms with van der Waals surface area (Å²) in [4.78, 5) is 4.47. The van der Waals surface area contributed by atoms with E-state index in [2.05, 4.69) is 29.2 Å². The third-order valence-electron chi connectivity index (χ3n) is 4.63. The van der Waals surface area contributed by atoms with Crippen molar-refractivity contribution >= 4 is 5.69 Å². The molecule has 0 spiro atoms. The molecule has 0 radical (unpaired) electrons. The molecule has 0 aromatic heterocycles. The van der Waals surface area contributed by atoms with Crippen molar-refractivity contribution in [3.8, 4) is 0 Å². The summed E-state index contributed by atoms with van der Waals surface area (Å²) in [6, 6.07) is 14.9. The lowest BCUT2D eigenvalue weighted by Crippen LogP contribution is -2.26. The average molecular weight is 328 g/mol. The van der Waals surface area contributed by atoms with Crippen molar-refractivity contribution in [1.29, 1.82) is 0 Å². The zero-order valence-corrected chi connectivity index (χ0v) is 14.2. The molecule has 1 unspecified atom stereocenters. The molecule has 0 aliphatic carbocycles. The molecule has 2 aromatic rings.